The van der Waals surface area contributed by atoms with Crippen LogP contribution in [-0.4, -0.2) is 27.7 Å². The van der Waals surface area contributed by atoms with E-state index in [9.17, 15) is 14.9 Å². The van der Waals surface area contributed by atoms with Crippen molar-refractivity contribution >= 4 is 39.2 Å². The van der Waals surface area contributed by atoms with Gasteiger partial charge >= 0.3 is 0 Å². The predicted molar refractivity (Wildman–Crippen MR) is 118 cm³/mol. The molecule has 9 heteroatoms. The molecule has 0 bridgehead atoms. The number of methoxy groups -OCH3 is 1. The fourth-order valence-electron chi connectivity index (χ4n) is 3.54. The van der Waals surface area contributed by atoms with Gasteiger partial charge in [-0.2, -0.15) is 5.10 Å². The Labute approximate surface area is 181 Å². The molecule has 0 aliphatic rings. The highest BCUT2D eigenvalue weighted by Crippen LogP contribution is 2.36. The summed E-state index contributed by atoms with van der Waals surface area (Å²) in [6.45, 7) is 0. The number of nitrogens with one attached hydrogen (secondary N) is 1. The highest BCUT2D eigenvalue weighted by molar-refractivity contribution is 6.09. The number of rotatable bonds is 5. The van der Waals surface area contributed by atoms with Gasteiger partial charge in [0, 0.05) is 35.2 Å². The van der Waals surface area contributed by atoms with E-state index in [-0.39, 0.29) is 11.4 Å². The van der Waals surface area contributed by atoms with Crippen molar-refractivity contribution in [2.45, 2.75) is 0 Å². The van der Waals surface area contributed by atoms with Crippen LogP contribution in [0, 0.1) is 10.1 Å². The van der Waals surface area contributed by atoms with Crippen molar-refractivity contribution in [3.8, 4) is 11.4 Å². The highest BCUT2D eigenvalue weighted by Gasteiger charge is 2.17. The number of fused-ring (bicyclic) bond motifs is 3. The number of nitrogens with zero attached hydrogens (tertiary/aromatic N) is 3. The summed E-state index contributed by atoms with van der Waals surface area (Å²) in [6.07, 6.45) is 1.56. The fraction of sp³-hybridized carbons (Fsp3) is 0.0435. The van der Waals surface area contributed by atoms with E-state index < -0.39 is 10.8 Å². The number of hydrogen-bond acceptors (Lipinski definition) is 6. The summed E-state index contributed by atoms with van der Waals surface area (Å²) in [5.74, 6) is 0.0264. The maximum absolute atomic E-state index is 12.8. The zero-order valence-electron chi connectivity index (χ0n) is 16.8. The molecule has 0 atom stereocenters. The van der Waals surface area contributed by atoms with Crippen LogP contribution in [0.2, 0.25) is 0 Å². The van der Waals surface area contributed by atoms with Gasteiger partial charge in [-0.3, -0.25) is 14.9 Å². The molecule has 0 aliphatic carbocycles. The zero-order chi connectivity index (χ0) is 22.2. The molecule has 0 aliphatic heterocycles. The highest BCUT2D eigenvalue weighted by atomic mass is 16.6. The third-order valence-corrected chi connectivity index (χ3v) is 5.07. The number of aromatic nitrogens is 2. The number of furan rings is 1. The molecule has 3 aromatic carbocycles. The van der Waals surface area contributed by atoms with E-state index >= 15 is 0 Å². The Balaban J connectivity index is 1.46. The number of carbonyl (C=O) groups is 1. The maximum atomic E-state index is 12.8. The van der Waals surface area contributed by atoms with Crippen LogP contribution >= 0.6 is 0 Å². The van der Waals surface area contributed by atoms with Crippen molar-refractivity contribution in [1.29, 1.82) is 0 Å². The molecule has 2 heterocycles. The lowest BCUT2D eigenvalue weighted by atomic mass is 10.1. The number of carbonyl (C=O) groups excluding carboxylic acids is 1. The van der Waals surface area contributed by atoms with E-state index in [2.05, 4.69) is 10.4 Å². The van der Waals surface area contributed by atoms with E-state index in [1.54, 1.807) is 24.4 Å². The summed E-state index contributed by atoms with van der Waals surface area (Å²) in [5, 5.41) is 19.9. The van der Waals surface area contributed by atoms with Crippen molar-refractivity contribution < 1.29 is 18.9 Å². The molecule has 1 amide bonds. The molecule has 158 valence electrons. The second-order valence-corrected chi connectivity index (χ2v) is 7.02. The first-order chi connectivity index (χ1) is 15.5. The third kappa shape index (κ3) is 3.31. The SMILES string of the molecule is COc1cc2c(cc1NC(=O)c1ccn(-c3cccc([N+](=O)[O-])c3)n1)oc1ccccc12. The quantitative estimate of drug-likeness (QED) is 0.313. The smallest absolute Gasteiger partial charge is 0.276 e. The normalized spacial score (nSPS) is 11.0. The van der Waals surface area contributed by atoms with Crippen molar-refractivity contribution in [3.63, 3.8) is 0 Å². The van der Waals surface area contributed by atoms with Gasteiger partial charge in [0.15, 0.2) is 5.69 Å². The van der Waals surface area contributed by atoms with Crippen molar-refractivity contribution in [3.05, 3.63) is 88.7 Å². The standard InChI is InChI=1S/C23H16N4O5/c1-31-22-12-17-16-7-2-3-8-20(16)32-21(17)13-19(22)24-23(28)18-9-10-26(25-18)14-5-4-6-15(11-14)27(29)30/h2-13H,1H3,(H,24,28). The zero-order valence-corrected chi connectivity index (χ0v) is 16.8. The number of nitro groups is 1. The van der Waals surface area contributed by atoms with Gasteiger partial charge in [-0.25, -0.2) is 4.68 Å². The van der Waals surface area contributed by atoms with Gasteiger partial charge < -0.3 is 14.5 Å². The van der Waals surface area contributed by atoms with Crippen LogP contribution in [0.3, 0.4) is 0 Å². The minimum atomic E-state index is -0.485. The minimum absolute atomic E-state index is 0.0622. The van der Waals surface area contributed by atoms with E-state index in [0.29, 0.717) is 22.7 Å². The summed E-state index contributed by atoms with van der Waals surface area (Å²) in [6, 6.07) is 18.7. The Bertz CT molecular complexity index is 1500. The molecule has 5 rings (SSSR count). The van der Waals surface area contributed by atoms with Gasteiger partial charge in [0.25, 0.3) is 11.6 Å². The van der Waals surface area contributed by atoms with Crippen LogP contribution in [0.4, 0.5) is 11.4 Å². The molecule has 0 spiro atoms. The van der Waals surface area contributed by atoms with Crippen molar-refractivity contribution in [2.75, 3.05) is 12.4 Å². The summed E-state index contributed by atoms with van der Waals surface area (Å²) < 4.78 is 12.8. The molecule has 0 fully saturated rings. The van der Waals surface area contributed by atoms with Crippen LogP contribution in [0.15, 0.2) is 77.3 Å². The third-order valence-electron chi connectivity index (χ3n) is 5.07. The van der Waals surface area contributed by atoms with Gasteiger partial charge in [-0.1, -0.05) is 24.3 Å². The first kappa shape index (κ1) is 19.3. The average molecular weight is 428 g/mol. The van der Waals surface area contributed by atoms with Crippen LogP contribution in [0.1, 0.15) is 10.5 Å². The van der Waals surface area contributed by atoms with Crippen molar-refractivity contribution in [1.82, 2.24) is 9.78 Å². The first-order valence-electron chi connectivity index (χ1n) is 9.64. The molecule has 2 aromatic heterocycles. The van der Waals surface area contributed by atoms with E-state index in [1.165, 1.54) is 30.0 Å². The molecule has 5 aromatic rings. The van der Waals surface area contributed by atoms with Crippen LogP contribution < -0.4 is 10.1 Å². The monoisotopic (exact) mass is 428 g/mol. The largest absolute Gasteiger partial charge is 0.495 e. The number of para-hydroxylation sites is 1. The summed E-state index contributed by atoms with van der Waals surface area (Å²) >= 11 is 0. The Kier molecular flexibility index (Phi) is 4.55. The number of benzene rings is 3. The maximum Gasteiger partial charge on any atom is 0.276 e. The number of amides is 1. The molecule has 32 heavy (non-hydrogen) atoms. The number of non-ortho nitro benzene ring substituents is 1. The number of hydrogen-bond donors (Lipinski definition) is 1. The van der Waals surface area contributed by atoms with Gasteiger partial charge in [0.1, 0.15) is 16.9 Å². The molecular formula is C23H16N4O5. The Hall–Kier alpha value is -4.66. The van der Waals surface area contributed by atoms with Gasteiger partial charge in [0.2, 0.25) is 0 Å². The molecule has 9 nitrogen and oxygen atoms in total. The minimum Gasteiger partial charge on any atom is -0.495 e. The lowest BCUT2D eigenvalue weighted by Crippen LogP contribution is -2.14. The second kappa shape index (κ2) is 7.55. The topological polar surface area (TPSA) is 112 Å². The average Bonchev–Trinajstić information content (AvgIpc) is 3.43. The lowest BCUT2D eigenvalue weighted by Gasteiger charge is -2.09. The van der Waals surface area contributed by atoms with Gasteiger partial charge in [-0.05, 0) is 24.3 Å². The van der Waals surface area contributed by atoms with Gasteiger partial charge in [-0.15, -0.1) is 0 Å². The van der Waals surface area contributed by atoms with E-state index in [0.717, 1.165) is 16.4 Å². The van der Waals surface area contributed by atoms with Crippen LogP contribution in [0.25, 0.3) is 27.6 Å². The van der Waals surface area contributed by atoms with Crippen LogP contribution in [0.5, 0.6) is 5.75 Å². The second-order valence-electron chi connectivity index (χ2n) is 7.02. The molecule has 1 N–H and O–H groups in total. The van der Waals surface area contributed by atoms with Gasteiger partial charge in [0.05, 0.1) is 23.4 Å². The fourth-order valence-corrected chi connectivity index (χ4v) is 3.54. The summed E-state index contributed by atoms with van der Waals surface area (Å²) in [7, 11) is 1.52. The van der Waals surface area contributed by atoms with Crippen molar-refractivity contribution in [2.24, 2.45) is 0 Å². The number of nitro benzene ring substituents is 1. The van der Waals surface area contributed by atoms with E-state index in [1.807, 2.05) is 30.3 Å². The molecular weight excluding hydrogens is 412 g/mol. The lowest BCUT2D eigenvalue weighted by molar-refractivity contribution is -0.384. The van der Waals surface area contributed by atoms with E-state index in [4.69, 9.17) is 9.15 Å². The summed E-state index contributed by atoms with van der Waals surface area (Å²) in [5.41, 5.74) is 2.35. The molecule has 0 radical (unpaired) electrons. The first-order valence-corrected chi connectivity index (χ1v) is 9.64. The molecule has 0 saturated heterocycles. The number of ether oxygens (including phenoxy) is 1. The Morgan fingerprint density at radius 1 is 1.06 bits per heavy atom. The van der Waals surface area contributed by atoms with Crippen LogP contribution in [-0.2, 0) is 0 Å². The molecule has 0 unspecified atom stereocenters. The summed E-state index contributed by atoms with van der Waals surface area (Å²) in [4.78, 5) is 23.3. The Morgan fingerprint density at radius 3 is 2.72 bits per heavy atom. The number of anilines is 1. The molecule has 0 saturated carbocycles. The predicted octanol–water partition coefficient (Wildman–Crippen LogP) is 4.94. The Morgan fingerprint density at radius 2 is 1.91 bits per heavy atom.